The Morgan fingerprint density at radius 2 is 2.04 bits per heavy atom. The summed E-state index contributed by atoms with van der Waals surface area (Å²) in [4.78, 5) is 40.8. The van der Waals surface area contributed by atoms with Crippen LogP contribution >= 0.6 is 0 Å². The summed E-state index contributed by atoms with van der Waals surface area (Å²) in [6.45, 7) is 4.60. The van der Waals surface area contributed by atoms with Gasteiger partial charge in [0.05, 0.1) is 11.9 Å². The molecule has 4 rings (SSSR count). The van der Waals surface area contributed by atoms with Crippen LogP contribution in [-0.2, 0) is 9.59 Å². The van der Waals surface area contributed by atoms with Gasteiger partial charge in [0.1, 0.15) is 18.2 Å². The van der Waals surface area contributed by atoms with Crippen LogP contribution in [0.2, 0.25) is 0 Å². The minimum atomic E-state index is -0.377. The standard InChI is InChI=1S/C17H20N6O2/c1-9-4-10(2)20-15-14(9)16(19-8-18-15)21-11-5-12-17(25)22(3)7-13(24)23(12)6-11/h4,8,11-12H,5-7H2,1-3H3,(H,18,19,20,21)/t11-,12+/m1/s1. The number of rotatable bonds is 2. The summed E-state index contributed by atoms with van der Waals surface area (Å²) < 4.78 is 0. The van der Waals surface area contributed by atoms with Crippen molar-refractivity contribution in [3.05, 3.63) is 23.7 Å². The highest BCUT2D eigenvalue weighted by atomic mass is 16.2. The minimum absolute atomic E-state index is 0.00239. The highest BCUT2D eigenvalue weighted by Gasteiger charge is 2.44. The molecule has 2 saturated heterocycles. The first-order valence-corrected chi connectivity index (χ1v) is 8.34. The van der Waals surface area contributed by atoms with Crippen LogP contribution in [0, 0.1) is 13.8 Å². The molecular weight excluding hydrogens is 320 g/mol. The fraction of sp³-hybridized carbons (Fsp3) is 0.471. The Balaban J connectivity index is 1.63. The predicted molar refractivity (Wildman–Crippen MR) is 92.0 cm³/mol. The number of pyridine rings is 1. The van der Waals surface area contributed by atoms with Crippen molar-refractivity contribution in [2.24, 2.45) is 0 Å². The van der Waals surface area contributed by atoms with Gasteiger partial charge in [-0.25, -0.2) is 15.0 Å². The second kappa shape index (κ2) is 5.65. The molecule has 2 aliphatic rings. The summed E-state index contributed by atoms with van der Waals surface area (Å²) in [6, 6.07) is 1.60. The van der Waals surface area contributed by atoms with E-state index in [9.17, 15) is 9.59 Å². The normalized spacial score (nSPS) is 23.3. The highest BCUT2D eigenvalue weighted by Crippen LogP contribution is 2.28. The van der Waals surface area contributed by atoms with Crippen molar-refractivity contribution in [3.8, 4) is 0 Å². The van der Waals surface area contributed by atoms with Gasteiger partial charge in [0.25, 0.3) is 0 Å². The molecule has 2 aromatic rings. The third-order valence-corrected chi connectivity index (χ3v) is 4.93. The first-order chi connectivity index (χ1) is 11.9. The van der Waals surface area contributed by atoms with Gasteiger partial charge in [-0.05, 0) is 31.9 Å². The third kappa shape index (κ3) is 2.57. The van der Waals surface area contributed by atoms with E-state index in [1.165, 1.54) is 11.2 Å². The first-order valence-electron chi connectivity index (χ1n) is 8.34. The number of carbonyl (C=O) groups excluding carboxylic acids is 2. The number of fused-ring (bicyclic) bond motifs is 2. The van der Waals surface area contributed by atoms with E-state index in [0.717, 1.165) is 16.6 Å². The molecule has 1 N–H and O–H groups in total. The summed E-state index contributed by atoms with van der Waals surface area (Å²) in [5, 5.41) is 4.28. The number of amides is 2. The minimum Gasteiger partial charge on any atom is -0.365 e. The molecule has 130 valence electrons. The van der Waals surface area contributed by atoms with E-state index in [1.54, 1.807) is 11.9 Å². The monoisotopic (exact) mass is 340 g/mol. The van der Waals surface area contributed by atoms with Gasteiger partial charge in [0.2, 0.25) is 11.8 Å². The number of nitrogens with zero attached hydrogens (tertiary/aromatic N) is 5. The number of anilines is 1. The fourth-order valence-electron chi connectivity index (χ4n) is 3.79. The number of carbonyl (C=O) groups is 2. The van der Waals surface area contributed by atoms with Gasteiger partial charge in [-0.15, -0.1) is 0 Å². The van der Waals surface area contributed by atoms with Crippen LogP contribution in [0.3, 0.4) is 0 Å². The average Bonchev–Trinajstić information content (AvgIpc) is 2.97. The Hall–Kier alpha value is -2.77. The van der Waals surface area contributed by atoms with E-state index in [-0.39, 0.29) is 30.4 Å². The van der Waals surface area contributed by atoms with E-state index in [2.05, 4.69) is 20.3 Å². The summed E-state index contributed by atoms with van der Waals surface area (Å²) in [5.41, 5.74) is 2.61. The van der Waals surface area contributed by atoms with E-state index in [1.807, 2.05) is 19.9 Å². The molecule has 0 unspecified atom stereocenters. The molecule has 8 heteroatoms. The van der Waals surface area contributed by atoms with Crippen molar-refractivity contribution in [1.29, 1.82) is 0 Å². The maximum Gasteiger partial charge on any atom is 0.245 e. The van der Waals surface area contributed by atoms with Gasteiger partial charge in [-0.1, -0.05) is 0 Å². The number of hydrogen-bond donors (Lipinski definition) is 1. The lowest BCUT2D eigenvalue weighted by molar-refractivity contribution is -0.152. The topological polar surface area (TPSA) is 91.3 Å². The maximum atomic E-state index is 12.3. The fourth-order valence-corrected chi connectivity index (χ4v) is 3.79. The second-order valence-corrected chi connectivity index (χ2v) is 6.83. The van der Waals surface area contributed by atoms with E-state index >= 15 is 0 Å². The van der Waals surface area contributed by atoms with Crippen LogP contribution in [0.4, 0.5) is 5.82 Å². The van der Waals surface area contributed by atoms with Gasteiger partial charge >= 0.3 is 0 Å². The van der Waals surface area contributed by atoms with Crippen LogP contribution < -0.4 is 5.32 Å². The zero-order valence-corrected chi connectivity index (χ0v) is 14.5. The third-order valence-electron chi connectivity index (χ3n) is 4.93. The Kier molecular flexibility index (Phi) is 3.55. The van der Waals surface area contributed by atoms with Gasteiger partial charge in [0, 0.05) is 25.3 Å². The molecule has 2 aliphatic heterocycles. The zero-order valence-electron chi connectivity index (χ0n) is 14.5. The number of aryl methyl sites for hydroxylation is 2. The maximum absolute atomic E-state index is 12.3. The molecule has 2 atom stereocenters. The zero-order chi connectivity index (χ0) is 17.7. The Labute approximate surface area is 145 Å². The molecule has 0 aliphatic carbocycles. The molecule has 2 amide bonds. The van der Waals surface area contributed by atoms with Crippen molar-refractivity contribution in [3.63, 3.8) is 0 Å². The van der Waals surface area contributed by atoms with E-state index in [0.29, 0.717) is 24.4 Å². The lowest BCUT2D eigenvalue weighted by Crippen LogP contribution is -2.55. The molecule has 8 nitrogen and oxygen atoms in total. The molecule has 0 aromatic carbocycles. The lowest BCUT2D eigenvalue weighted by atomic mass is 10.1. The number of aromatic nitrogens is 3. The van der Waals surface area contributed by atoms with Crippen LogP contribution in [0.1, 0.15) is 17.7 Å². The molecule has 25 heavy (non-hydrogen) atoms. The largest absolute Gasteiger partial charge is 0.365 e. The Morgan fingerprint density at radius 1 is 1.24 bits per heavy atom. The Morgan fingerprint density at radius 3 is 2.84 bits per heavy atom. The summed E-state index contributed by atoms with van der Waals surface area (Å²) in [7, 11) is 1.67. The average molecular weight is 340 g/mol. The number of hydrogen-bond acceptors (Lipinski definition) is 6. The molecular formula is C17H20N6O2. The van der Waals surface area contributed by atoms with Crippen LogP contribution in [0.25, 0.3) is 11.0 Å². The smallest absolute Gasteiger partial charge is 0.245 e. The highest BCUT2D eigenvalue weighted by molar-refractivity contribution is 5.95. The SMILES string of the molecule is Cc1cc(C)c2c(N[C@@H]3C[C@H]4C(=O)N(C)CC(=O)N4C3)ncnc2n1. The summed E-state index contributed by atoms with van der Waals surface area (Å²) in [5.74, 6) is 0.704. The van der Waals surface area contributed by atoms with Crippen molar-refractivity contribution < 1.29 is 9.59 Å². The first kappa shape index (κ1) is 15.7. The predicted octanol–water partition coefficient (Wildman–Crippen LogP) is 0.495. The van der Waals surface area contributed by atoms with Crippen molar-refractivity contribution in [2.75, 3.05) is 25.5 Å². The Bertz CT molecular complexity index is 883. The molecule has 0 saturated carbocycles. The molecule has 2 fully saturated rings. The van der Waals surface area contributed by atoms with E-state index < -0.39 is 0 Å². The summed E-state index contributed by atoms with van der Waals surface area (Å²) in [6.07, 6.45) is 2.07. The molecule has 0 bridgehead atoms. The van der Waals surface area contributed by atoms with Crippen molar-refractivity contribution in [1.82, 2.24) is 24.8 Å². The quantitative estimate of drug-likeness (QED) is 0.856. The number of piperazine rings is 1. The van der Waals surface area contributed by atoms with Gasteiger partial charge in [-0.2, -0.15) is 0 Å². The lowest BCUT2D eigenvalue weighted by Gasteiger charge is -2.33. The molecule has 4 heterocycles. The van der Waals surface area contributed by atoms with Gasteiger partial charge in [0.15, 0.2) is 5.65 Å². The molecule has 0 radical (unpaired) electrons. The number of likely N-dealkylation sites (N-methyl/N-ethyl adjacent to an activating group) is 1. The van der Waals surface area contributed by atoms with Crippen LogP contribution in [-0.4, -0.2) is 68.8 Å². The second-order valence-electron chi connectivity index (χ2n) is 6.83. The van der Waals surface area contributed by atoms with Crippen molar-refractivity contribution >= 4 is 28.7 Å². The van der Waals surface area contributed by atoms with Gasteiger partial charge in [-0.3, -0.25) is 9.59 Å². The summed E-state index contributed by atoms with van der Waals surface area (Å²) >= 11 is 0. The molecule has 2 aromatic heterocycles. The molecule has 0 spiro atoms. The van der Waals surface area contributed by atoms with E-state index in [4.69, 9.17) is 0 Å². The van der Waals surface area contributed by atoms with Gasteiger partial charge < -0.3 is 15.1 Å². The number of nitrogens with one attached hydrogen (secondary N) is 1. The van der Waals surface area contributed by atoms with Crippen molar-refractivity contribution in [2.45, 2.75) is 32.4 Å². The van der Waals surface area contributed by atoms with Crippen LogP contribution in [0.5, 0.6) is 0 Å². The van der Waals surface area contributed by atoms with Crippen LogP contribution in [0.15, 0.2) is 12.4 Å².